The van der Waals surface area contributed by atoms with Gasteiger partial charge in [0.2, 0.25) is 11.7 Å². The van der Waals surface area contributed by atoms with Crippen molar-refractivity contribution in [2.75, 3.05) is 13.7 Å². The lowest BCUT2D eigenvalue weighted by molar-refractivity contribution is -0.132. The molecule has 0 saturated heterocycles. The van der Waals surface area contributed by atoms with E-state index in [9.17, 15) is 4.79 Å². The van der Waals surface area contributed by atoms with Crippen LogP contribution in [-0.4, -0.2) is 34.6 Å². The highest BCUT2D eigenvalue weighted by atomic mass is 79.9. The van der Waals surface area contributed by atoms with Crippen molar-refractivity contribution < 1.29 is 14.1 Å². The number of nitrogens with zero attached hydrogens (tertiary/aromatic N) is 3. The summed E-state index contributed by atoms with van der Waals surface area (Å²) in [6, 6.07) is 14.4. The molecule has 26 heavy (non-hydrogen) atoms. The normalized spacial score (nSPS) is 10.6. The van der Waals surface area contributed by atoms with E-state index < -0.39 is 0 Å². The molecule has 1 aromatic heterocycles. The van der Waals surface area contributed by atoms with Gasteiger partial charge in [0.05, 0.1) is 6.54 Å². The molecule has 0 spiro atoms. The average Bonchev–Trinajstić information content (AvgIpc) is 3.09. The third-order valence-corrected chi connectivity index (χ3v) is 4.27. The fourth-order valence-corrected chi connectivity index (χ4v) is 2.67. The van der Waals surface area contributed by atoms with Crippen LogP contribution in [0, 0.1) is 0 Å². The number of hydrogen-bond acceptors (Lipinski definition) is 5. The smallest absolute Gasteiger partial charge is 0.260 e. The summed E-state index contributed by atoms with van der Waals surface area (Å²) in [5, 5.41) is 4.56. The van der Waals surface area contributed by atoms with Gasteiger partial charge in [0.1, 0.15) is 5.75 Å². The second kappa shape index (κ2) is 8.33. The number of carbonyl (C=O) groups excluding carboxylic acids is 1. The van der Waals surface area contributed by atoms with E-state index in [1.165, 1.54) is 4.90 Å². The highest BCUT2D eigenvalue weighted by Gasteiger charge is 2.15. The summed E-state index contributed by atoms with van der Waals surface area (Å²) in [7, 11) is 1.65. The fourth-order valence-electron chi connectivity index (χ4n) is 2.14. The number of hydrogen-bond donors (Lipinski definition) is 0. The largest absolute Gasteiger partial charge is 0.484 e. The van der Waals surface area contributed by atoms with Gasteiger partial charge < -0.3 is 14.2 Å². The molecule has 134 valence electrons. The Hall–Kier alpha value is -2.38. The zero-order chi connectivity index (χ0) is 18.5. The van der Waals surface area contributed by atoms with E-state index in [0.717, 1.165) is 10.0 Å². The Morgan fingerprint density at radius 3 is 2.77 bits per heavy atom. The number of benzene rings is 2. The Morgan fingerprint density at radius 2 is 2.04 bits per heavy atom. The van der Waals surface area contributed by atoms with Gasteiger partial charge in [-0.3, -0.25) is 4.79 Å². The van der Waals surface area contributed by atoms with E-state index in [0.29, 0.717) is 22.5 Å². The van der Waals surface area contributed by atoms with Gasteiger partial charge in [-0.2, -0.15) is 4.98 Å². The number of halogens is 2. The molecule has 0 radical (unpaired) electrons. The Labute approximate surface area is 163 Å². The Bertz CT molecular complexity index is 899. The van der Waals surface area contributed by atoms with Crippen LogP contribution in [0.5, 0.6) is 5.75 Å². The molecule has 0 aliphatic heterocycles. The summed E-state index contributed by atoms with van der Waals surface area (Å²) in [5.74, 6) is 1.19. The monoisotopic (exact) mass is 435 g/mol. The molecular formula is C18H15BrClN3O3. The SMILES string of the molecule is CN(Cc1nc(-c2cccc(Br)c2)no1)C(=O)COc1ccc(Cl)cc1. The molecule has 0 N–H and O–H groups in total. The molecule has 2 aromatic carbocycles. The lowest BCUT2D eigenvalue weighted by Crippen LogP contribution is -2.31. The third kappa shape index (κ3) is 4.83. The second-order valence-corrected chi connectivity index (χ2v) is 6.87. The van der Waals surface area contributed by atoms with Crippen LogP contribution in [0.25, 0.3) is 11.4 Å². The minimum Gasteiger partial charge on any atom is -0.484 e. The minimum absolute atomic E-state index is 0.0925. The molecule has 1 heterocycles. The number of ether oxygens (including phenoxy) is 1. The number of rotatable bonds is 6. The fraction of sp³-hybridized carbons (Fsp3) is 0.167. The molecule has 0 fully saturated rings. The summed E-state index contributed by atoms with van der Waals surface area (Å²) in [4.78, 5) is 18.0. The van der Waals surface area contributed by atoms with Gasteiger partial charge in [-0.05, 0) is 36.4 Å². The van der Waals surface area contributed by atoms with Gasteiger partial charge in [-0.15, -0.1) is 0 Å². The summed E-state index contributed by atoms with van der Waals surface area (Å²) >= 11 is 9.22. The molecule has 0 bridgehead atoms. The molecule has 8 heteroatoms. The predicted molar refractivity (Wildman–Crippen MR) is 101 cm³/mol. The number of amides is 1. The molecule has 3 aromatic rings. The topological polar surface area (TPSA) is 68.5 Å². The minimum atomic E-state index is -0.206. The maximum absolute atomic E-state index is 12.2. The summed E-state index contributed by atoms with van der Waals surface area (Å²) in [6.45, 7) is 0.106. The van der Waals surface area contributed by atoms with Crippen molar-refractivity contribution in [2.24, 2.45) is 0 Å². The molecule has 6 nitrogen and oxygen atoms in total. The van der Waals surface area contributed by atoms with Crippen LogP contribution in [0.2, 0.25) is 5.02 Å². The van der Waals surface area contributed by atoms with Crippen molar-refractivity contribution >= 4 is 33.4 Å². The first-order valence-corrected chi connectivity index (χ1v) is 8.89. The van der Waals surface area contributed by atoms with Crippen molar-refractivity contribution in [3.8, 4) is 17.1 Å². The van der Waals surface area contributed by atoms with Crippen LogP contribution < -0.4 is 4.74 Å². The lowest BCUT2D eigenvalue weighted by atomic mass is 10.2. The summed E-state index contributed by atoms with van der Waals surface area (Å²) in [6.07, 6.45) is 0. The Kier molecular flexibility index (Phi) is 5.90. The van der Waals surface area contributed by atoms with E-state index in [1.54, 1.807) is 31.3 Å². The van der Waals surface area contributed by atoms with E-state index in [-0.39, 0.29) is 19.1 Å². The lowest BCUT2D eigenvalue weighted by Gasteiger charge is -2.15. The highest BCUT2D eigenvalue weighted by Crippen LogP contribution is 2.20. The zero-order valence-corrected chi connectivity index (χ0v) is 16.2. The molecule has 0 aliphatic carbocycles. The quantitative estimate of drug-likeness (QED) is 0.579. The van der Waals surface area contributed by atoms with Gasteiger partial charge in [0, 0.05) is 22.1 Å². The molecular weight excluding hydrogens is 422 g/mol. The van der Waals surface area contributed by atoms with E-state index in [1.807, 2.05) is 24.3 Å². The first kappa shape index (κ1) is 18.4. The zero-order valence-electron chi connectivity index (χ0n) is 13.9. The first-order valence-electron chi connectivity index (χ1n) is 7.72. The number of aromatic nitrogens is 2. The third-order valence-electron chi connectivity index (χ3n) is 3.53. The van der Waals surface area contributed by atoms with E-state index in [2.05, 4.69) is 26.1 Å². The van der Waals surface area contributed by atoms with Crippen molar-refractivity contribution in [3.05, 3.63) is 63.9 Å². The van der Waals surface area contributed by atoms with E-state index >= 15 is 0 Å². The van der Waals surface area contributed by atoms with Gasteiger partial charge >= 0.3 is 0 Å². The predicted octanol–water partition coefficient (Wildman–Crippen LogP) is 4.19. The van der Waals surface area contributed by atoms with Gasteiger partial charge in [0.25, 0.3) is 5.91 Å². The Morgan fingerprint density at radius 1 is 1.27 bits per heavy atom. The molecule has 1 amide bonds. The van der Waals surface area contributed by atoms with Crippen molar-refractivity contribution in [2.45, 2.75) is 6.54 Å². The molecule has 3 rings (SSSR count). The molecule has 0 saturated carbocycles. The molecule has 0 unspecified atom stereocenters. The van der Waals surface area contributed by atoms with Crippen LogP contribution in [0.1, 0.15) is 5.89 Å². The van der Waals surface area contributed by atoms with E-state index in [4.69, 9.17) is 20.9 Å². The molecule has 0 atom stereocenters. The van der Waals surface area contributed by atoms with Crippen molar-refractivity contribution in [1.29, 1.82) is 0 Å². The maximum atomic E-state index is 12.2. The van der Waals surface area contributed by atoms with Crippen LogP contribution in [0.4, 0.5) is 0 Å². The van der Waals surface area contributed by atoms with Crippen molar-refractivity contribution in [1.82, 2.24) is 15.0 Å². The summed E-state index contributed by atoms with van der Waals surface area (Å²) in [5.41, 5.74) is 0.828. The molecule has 0 aliphatic rings. The van der Waals surface area contributed by atoms with Crippen LogP contribution >= 0.6 is 27.5 Å². The second-order valence-electron chi connectivity index (χ2n) is 5.51. The summed E-state index contributed by atoms with van der Waals surface area (Å²) < 4.78 is 11.6. The van der Waals surface area contributed by atoms with Crippen LogP contribution in [0.15, 0.2) is 57.5 Å². The average molecular weight is 437 g/mol. The van der Waals surface area contributed by atoms with Crippen LogP contribution in [0.3, 0.4) is 0 Å². The number of likely N-dealkylation sites (N-methyl/N-ethyl adjacent to an activating group) is 1. The van der Waals surface area contributed by atoms with Crippen LogP contribution in [-0.2, 0) is 11.3 Å². The maximum Gasteiger partial charge on any atom is 0.260 e. The van der Waals surface area contributed by atoms with Gasteiger partial charge in [-0.25, -0.2) is 0 Å². The van der Waals surface area contributed by atoms with Gasteiger partial charge in [-0.1, -0.05) is 44.8 Å². The first-order chi connectivity index (χ1) is 12.5. The van der Waals surface area contributed by atoms with Crippen molar-refractivity contribution in [3.63, 3.8) is 0 Å². The highest BCUT2D eigenvalue weighted by molar-refractivity contribution is 9.10. The Balaban J connectivity index is 1.56. The van der Waals surface area contributed by atoms with Gasteiger partial charge in [0.15, 0.2) is 6.61 Å². The number of carbonyl (C=O) groups is 1. The standard InChI is InChI=1S/C18H15BrClN3O3/c1-23(17(24)11-25-15-7-5-14(20)6-8-15)10-16-21-18(22-26-16)12-3-2-4-13(19)9-12/h2-9H,10-11H2,1H3.